The molecule has 0 aliphatic carbocycles. The maximum atomic E-state index is 12.7. The van der Waals surface area contributed by atoms with Crippen molar-refractivity contribution < 1.29 is 8.42 Å². The van der Waals surface area contributed by atoms with E-state index in [1.54, 1.807) is 16.0 Å². The topological polar surface area (TPSA) is 54.7 Å². The van der Waals surface area contributed by atoms with Gasteiger partial charge in [-0.25, -0.2) is 13.4 Å². The fourth-order valence-corrected chi connectivity index (χ4v) is 5.46. The maximum Gasteiger partial charge on any atom is 0.262 e. The highest BCUT2D eigenvalue weighted by molar-refractivity contribution is 7.89. The highest BCUT2D eigenvalue weighted by Crippen LogP contribution is 2.30. The van der Waals surface area contributed by atoms with Crippen molar-refractivity contribution in [1.29, 1.82) is 0 Å². The van der Waals surface area contributed by atoms with Gasteiger partial charge in [0.05, 0.1) is 0 Å². The summed E-state index contributed by atoms with van der Waals surface area (Å²) in [4.78, 5) is 4.70. The first-order valence-corrected chi connectivity index (χ1v) is 8.81. The molecule has 0 aromatic carbocycles. The molecule has 0 N–H and O–H groups in total. The molecule has 1 aliphatic heterocycles. The maximum absolute atomic E-state index is 12.7. The number of hydrogen-bond acceptors (Lipinski definition) is 4. The van der Waals surface area contributed by atoms with Crippen LogP contribution in [0.3, 0.4) is 0 Å². The first-order valence-electron chi connectivity index (χ1n) is 6.11. The van der Waals surface area contributed by atoms with Gasteiger partial charge in [-0.2, -0.15) is 4.31 Å². The molecule has 2 aromatic heterocycles. The molecule has 3 heterocycles. The fourth-order valence-electron chi connectivity index (χ4n) is 2.46. The van der Waals surface area contributed by atoms with E-state index in [4.69, 9.17) is 11.6 Å². The molecule has 0 saturated carbocycles. The average molecular weight is 320 g/mol. The van der Waals surface area contributed by atoms with Crippen LogP contribution < -0.4 is 0 Å². The van der Waals surface area contributed by atoms with Crippen LogP contribution in [0.1, 0.15) is 19.8 Å². The molecule has 8 heteroatoms. The van der Waals surface area contributed by atoms with Gasteiger partial charge < -0.3 is 0 Å². The smallest absolute Gasteiger partial charge is 0.262 e. The van der Waals surface area contributed by atoms with E-state index in [2.05, 4.69) is 11.9 Å². The van der Waals surface area contributed by atoms with Crippen LogP contribution in [-0.4, -0.2) is 35.2 Å². The van der Waals surface area contributed by atoms with E-state index in [0.717, 1.165) is 12.8 Å². The molecule has 3 rings (SSSR count). The summed E-state index contributed by atoms with van der Waals surface area (Å²) >= 11 is 7.39. The van der Waals surface area contributed by atoms with E-state index in [1.807, 2.05) is 0 Å². The van der Waals surface area contributed by atoms with E-state index >= 15 is 0 Å². The number of fused-ring (bicyclic) bond motifs is 1. The van der Waals surface area contributed by atoms with Crippen LogP contribution in [0.5, 0.6) is 0 Å². The van der Waals surface area contributed by atoms with Crippen molar-refractivity contribution in [2.24, 2.45) is 5.92 Å². The molecule has 1 atom stereocenters. The molecule has 0 spiro atoms. The number of halogens is 1. The molecule has 1 aliphatic rings. The van der Waals surface area contributed by atoms with Crippen LogP contribution in [-0.2, 0) is 10.0 Å². The van der Waals surface area contributed by atoms with E-state index in [1.165, 1.54) is 15.6 Å². The summed E-state index contributed by atoms with van der Waals surface area (Å²) in [5.41, 5.74) is 0. The Morgan fingerprint density at radius 2 is 2.32 bits per heavy atom. The van der Waals surface area contributed by atoms with Gasteiger partial charge in [-0.3, -0.25) is 4.40 Å². The molecule has 5 nitrogen and oxygen atoms in total. The van der Waals surface area contributed by atoms with Crippen LogP contribution in [0.25, 0.3) is 4.96 Å². The van der Waals surface area contributed by atoms with E-state index < -0.39 is 10.0 Å². The second-order valence-electron chi connectivity index (χ2n) is 4.87. The van der Waals surface area contributed by atoms with E-state index in [-0.39, 0.29) is 10.2 Å². The fraction of sp³-hybridized carbons (Fsp3) is 0.545. The first kappa shape index (κ1) is 13.4. The predicted molar refractivity (Wildman–Crippen MR) is 75.2 cm³/mol. The highest BCUT2D eigenvalue weighted by atomic mass is 35.5. The van der Waals surface area contributed by atoms with Crippen LogP contribution >= 0.6 is 22.9 Å². The number of thiazole rings is 1. The van der Waals surface area contributed by atoms with Gasteiger partial charge in [0.2, 0.25) is 0 Å². The Balaban J connectivity index is 2.08. The van der Waals surface area contributed by atoms with Crippen molar-refractivity contribution in [3.8, 4) is 0 Å². The SMILES string of the molecule is CC1CCCN(S(=O)(=O)c2c(Cl)nc3sccn23)C1. The number of nitrogens with zero attached hydrogens (tertiary/aromatic N) is 3. The first-order chi connectivity index (χ1) is 9.00. The molecule has 104 valence electrons. The Kier molecular flexibility index (Phi) is 3.33. The molecule has 1 fully saturated rings. The molecule has 1 unspecified atom stereocenters. The van der Waals surface area contributed by atoms with Gasteiger partial charge in [-0.15, -0.1) is 11.3 Å². The van der Waals surface area contributed by atoms with Crippen molar-refractivity contribution >= 4 is 37.9 Å². The third kappa shape index (κ3) is 2.18. The molecule has 1 saturated heterocycles. The number of aromatic nitrogens is 2. The molecule has 0 bridgehead atoms. The monoisotopic (exact) mass is 319 g/mol. The number of hydrogen-bond donors (Lipinski definition) is 0. The molecule has 0 amide bonds. The van der Waals surface area contributed by atoms with E-state index in [0.29, 0.717) is 24.0 Å². The van der Waals surface area contributed by atoms with Crippen LogP contribution in [0, 0.1) is 5.92 Å². The predicted octanol–water partition coefficient (Wildman–Crippen LogP) is 2.47. The highest BCUT2D eigenvalue weighted by Gasteiger charge is 2.33. The van der Waals surface area contributed by atoms with Gasteiger partial charge in [0.1, 0.15) is 0 Å². The Hall–Kier alpha value is -0.630. The largest absolute Gasteiger partial charge is 0.279 e. The standard InChI is InChI=1S/C11H14ClN3O2S2/c1-8-3-2-4-14(7-8)19(16,17)10-9(12)13-11-15(10)5-6-18-11/h5-6,8H,2-4,7H2,1H3. The minimum absolute atomic E-state index is 0.0603. The van der Waals surface area contributed by atoms with Crippen molar-refractivity contribution in [1.82, 2.24) is 13.7 Å². The van der Waals surface area contributed by atoms with Crippen LogP contribution in [0.4, 0.5) is 0 Å². The van der Waals surface area contributed by atoms with Gasteiger partial charge in [-0.1, -0.05) is 18.5 Å². The Morgan fingerprint density at radius 3 is 3.05 bits per heavy atom. The molecule has 2 aromatic rings. The molecule has 0 radical (unpaired) electrons. The lowest BCUT2D eigenvalue weighted by atomic mass is 10.0. The molecular formula is C11H14ClN3O2S2. The molecule has 19 heavy (non-hydrogen) atoms. The van der Waals surface area contributed by atoms with Crippen molar-refractivity contribution in [2.75, 3.05) is 13.1 Å². The van der Waals surface area contributed by atoms with Crippen molar-refractivity contribution in [2.45, 2.75) is 24.8 Å². The summed E-state index contributed by atoms with van der Waals surface area (Å²) in [7, 11) is -3.57. The summed E-state index contributed by atoms with van der Waals surface area (Å²) in [5, 5.41) is 1.96. The minimum atomic E-state index is -3.57. The summed E-state index contributed by atoms with van der Waals surface area (Å²) in [6.07, 6.45) is 3.66. The zero-order valence-electron chi connectivity index (χ0n) is 10.4. The lowest BCUT2D eigenvalue weighted by Crippen LogP contribution is -2.39. The van der Waals surface area contributed by atoms with Crippen molar-refractivity contribution in [3.05, 3.63) is 16.7 Å². The number of imidazole rings is 1. The lowest BCUT2D eigenvalue weighted by Gasteiger charge is -2.29. The third-order valence-electron chi connectivity index (χ3n) is 3.38. The summed E-state index contributed by atoms with van der Waals surface area (Å²) in [6.45, 7) is 3.18. The Morgan fingerprint density at radius 1 is 1.53 bits per heavy atom. The number of sulfonamides is 1. The zero-order chi connectivity index (χ0) is 13.6. The van der Waals surface area contributed by atoms with E-state index in [9.17, 15) is 8.42 Å². The minimum Gasteiger partial charge on any atom is -0.279 e. The summed E-state index contributed by atoms with van der Waals surface area (Å²) in [6, 6.07) is 0. The van der Waals surface area contributed by atoms with Gasteiger partial charge in [0.15, 0.2) is 15.1 Å². The quantitative estimate of drug-likeness (QED) is 0.854. The van der Waals surface area contributed by atoms with Crippen LogP contribution in [0.15, 0.2) is 16.6 Å². The van der Waals surface area contributed by atoms with Gasteiger partial charge in [0, 0.05) is 24.7 Å². The van der Waals surface area contributed by atoms with Gasteiger partial charge >= 0.3 is 0 Å². The number of piperidine rings is 1. The third-order valence-corrected chi connectivity index (χ3v) is 6.40. The second-order valence-corrected chi connectivity index (χ2v) is 7.96. The van der Waals surface area contributed by atoms with Crippen molar-refractivity contribution in [3.63, 3.8) is 0 Å². The number of rotatable bonds is 2. The second kappa shape index (κ2) is 4.73. The van der Waals surface area contributed by atoms with Gasteiger partial charge in [0.25, 0.3) is 10.0 Å². The summed E-state index contributed by atoms with van der Waals surface area (Å²) < 4.78 is 28.5. The Bertz CT molecular complexity index is 707. The molecular weight excluding hydrogens is 306 g/mol. The lowest BCUT2D eigenvalue weighted by molar-refractivity contribution is 0.280. The zero-order valence-corrected chi connectivity index (χ0v) is 12.8. The Labute approximate surface area is 120 Å². The average Bonchev–Trinajstić information content (AvgIpc) is 2.88. The van der Waals surface area contributed by atoms with Gasteiger partial charge in [-0.05, 0) is 18.8 Å². The van der Waals surface area contributed by atoms with Crippen LogP contribution in [0.2, 0.25) is 5.15 Å². The summed E-state index contributed by atoms with van der Waals surface area (Å²) in [5.74, 6) is 0.383. The normalized spacial score (nSPS) is 22.1.